The smallest absolute Gasteiger partial charge is 0.330 e. The molecule has 0 aromatic heterocycles. The summed E-state index contributed by atoms with van der Waals surface area (Å²) in [7, 11) is 1.43. The number of hydrogen-bond acceptors (Lipinski definition) is 4. The molecule has 5 rings (SSSR count). The zero-order chi connectivity index (χ0) is 21.1. The molecular formula is C26H35NO3. The highest BCUT2D eigenvalue weighted by atomic mass is 16.5. The van der Waals surface area contributed by atoms with Gasteiger partial charge in [0.05, 0.1) is 7.11 Å². The average Bonchev–Trinajstić information content (AvgIpc) is 3.35. The fourth-order valence-corrected chi connectivity index (χ4v) is 7.69. The van der Waals surface area contributed by atoms with E-state index in [1.807, 2.05) is 0 Å². The molecule has 162 valence electrons. The largest absolute Gasteiger partial charge is 0.466 e. The van der Waals surface area contributed by atoms with Gasteiger partial charge in [-0.25, -0.2) is 4.79 Å². The Hall–Kier alpha value is -1.84. The summed E-state index contributed by atoms with van der Waals surface area (Å²) in [5.41, 5.74) is 3.83. The van der Waals surface area contributed by atoms with Crippen molar-refractivity contribution in [2.75, 3.05) is 20.2 Å². The number of ketones is 1. The monoisotopic (exact) mass is 409 g/mol. The molecule has 2 saturated carbocycles. The van der Waals surface area contributed by atoms with Crippen LogP contribution in [-0.4, -0.2) is 36.9 Å². The molecule has 4 heteroatoms. The molecule has 4 aliphatic carbocycles. The number of esters is 1. The van der Waals surface area contributed by atoms with Gasteiger partial charge in [0, 0.05) is 42.6 Å². The lowest BCUT2D eigenvalue weighted by Crippen LogP contribution is -2.53. The number of likely N-dealkylation sites (tertiary alicyclic amines) is 1. The molecule has 1 aliphatic heterocycles. The van der Waals surface area contributed by atoms with E-state index in [1.54, 1.807) is 6.08 Å². The first-order valence-electron chi connectivity index (χ1n) is 11.8. The minimum absolute atomic E-state index is 0.0284. The number of fused-ring (bicyclic) bond motifs is 5. The normalized spacial score (nSPS) is 41.7. The first-order valence-corrected chi connectivity index (χ1v) is 11.8. The molecule has 0 amide bonds. The summed E-state index contributed by atoms with van der Waals surface area (Å²) in [5.74, 6) is 1.14. The molecule has 0 radical (unpaired) electrons. The maximum Gasteiger partial charge on any atom is 0.330 e. The van der Waals surface area contributed by atoms with Gasteiger partial charge in [-0.1, -0.05) is 25.5 Å². The summed E-state index contributed by atoms with van der Waals surface area (Å²) in [5, 5.41) is 0. The number of nitrogens with zero attached hydrogens (tertiary/aromatic N) is 1. The van der Waals surface area contributed by atoms with E-state index in [0.29, 0.717) is 24.0 Å². The molecule has 0 aromatic carbocycles. The van der Waals surface area contributed by atoms with Crippen molar-refractivity contribution in [3.63, 3.8) is 0 Å². The van der Waals surface area contributed by atoms with Gasteiger partial charge in [-0.3, -0.25) is 4.79 Å². The van der Waals surface area contributed by atoms with Crippen LogP contribution < -0.4 is 0 Å². The third-order valence-electron chi connectivity index (χ3n) is 9.29. The Kier molecular flexibility index (Phi) is 4.75. The molecule has 5 aliphatic rings. The summed E-state index contributed by atoms with van der Waals surface area (Å²) >= 11 is 0. The Labute approximate surface area is 180 Å². The van der Waals surface area contributed by atoms with Crippen molar-refractivity contribution in [3.8, 4) is 0 Å². The third-order valence-corrected chi connectivity index (χ3v) is 9.29. The van der Waals surface area contributed by atoms with E-state index in [4.69, 9.17) is 4.74 Å². The van der Waals surface area contributed by atoms with Gasteiger partial charge in [0.1, 0.15) is 5.78 Å². The van der Waals surface area contributed by atoms with E-state index >= 15 is 0 Å². The van der Waals surface area contributed by atoms with Gasteiger partial charge >= 0.3 is 5.97 Å². The highest BCUT2D eigenvalue weighted by Crippen LogP contribution is 2.64. The van der Waals surface area contributed by atoms with Crippen LogP contribution in [0.2, 0.25) is 0 Å². The summed E-state index contributed by atoms with van der Waals surface area (Å²) < 4.78 is 4.89. The number of allylic oxidation sites excluding steroid dienone is 5. The molecular weight excluding hydrogens is 374 g/mol. The number of methoxy groups -OCH3 is 1. The first-order chi connectivity index (χ1) is 14.4. The fourth-order valence-electron chi connectivity index (χ4n) is 7.69. The summed E-state index contributed by atoms with van der Waals surface area (Å²) in [6.07, 6.45) is 14.9. The molecule has 3 fully saturated rings. The van der Waals surface area contributed by atoms with Gasteiger partial charge in [-0.15, -0.1) is 0 Å². The summed E-state index contributed by atoms with van der Waals surface area (Å²) in [4.78, 5) is 28.2. The maximum absolute atomic E-state index is 13.7. The summed E-state index contributed by atoms with van der Waals surface area (Å²) in [6.45, 7) is 6.96. The number of Topliss-reactive ketones (excluding diaryl/α,β-unsaturated/α-hetero) is 1. The van der Waals surface area contributed by atoms with Crippen LogP contribution in [-0.2, 0) is 14.3 Å². The molecule has 0 aromatic rings. The quantitative estimate of drug-likeness (QED) is 0.485. The summed E-state index contributed by atoms with van der Waals surface area (Å²) in [6, 6.07) is 0. The molecule has 30 heavy (non-hydrogen) atoms. The van der Waals surface area contributed by atoms with E-state index < -0.39 is 0 Å². The topological polar surface area (TPSA) is 46.6 Å². The zero-order valence-electron chi connectivity index (χ0n) is 18.7. The molecule has 0 bridgehead atoms. The fraction of sp³-hybridized carbons (Fsp3) is 0.692. The lowest BCUT2D eigenvalue weighted by Gasteiger charge is -2.55. The van der Waals surface area contributed by atoms with Crippen molar-refractivity contribution in [2.24, 2.45) is 28.6 Å². The van der Waals surface area contributed by atoms with Crippen molar-refractivity contribution in [2.45, 2.75) is 65.2 Å². The van der Waals surface area contributed by atoms with Crippen molar-refractivity contribution in [1.29, 1.82) is 0 Å². The second kappa shape index (κ2) is 7.10. The number of ether oxygens (including phenoxy) is 1. The Bertz CT molecular complexity index is 862. The minimum atomic E-state index is -0.286. The van der Waals surface area contributed by atoms with Crippen LogP contribution in [0.1, 0.15) is 65.2 Å². The number of carbonyl (C=O) groups excluding carboxylic acids is 2. The highest BCUT2D eigenvalue weighted by Gasteiger charge is 2.60. The van der Waals surface area contributed by atoms with Crippen molar-refractivity contribution in [3.05, 3.63) is 35.1 Å². The molecule has 0 N–H and O–H groups in total. The SMILES string of the molecule is COC(=O)/C=C1/CC[C@H]2[C@@H]3CC=C4C=C(N5CCCC5)CC[C@]4(C)[C@H]3C(=O)C[C@]12C. The van der Waals surface area contributed by atoms with E-state index in [-0.39, 0.29) is 22.7 Å². The van der Waals surface area contributed by atoms with Crippen molar-refractivity contribution >= 4 is 11.8 Å². The van der Waals surface area contributed by atoms with Gasteiger partial charge in [-0.2, -0.15) is 0 Å². The average molecular weight is 410 g/mol. The second-order valence-electron chi connectivity index (χ2n) is 10.7. The van der Waals surface area contributed by atoms with Crippen LogP contribution in [0.15, 0.2) is 35.1 Å². The van der Waals surface area contributed by atoms with Gasteiger partial charge in [0.2, 0.25) is 0 Å². The van der Waals surface area contributed by atoms with Gasteiger partial charge < -0.3 is 9.64 Å². The zero-order valence-corrected chi connectivity index (χ0v) is 18.7. The van der Waals surface area contributed by atoms with Crippen LogP contribution >= 0.6 is 0 Å². The Morgan fingerprint density at radius 2 is 1.97 bits per heavy atom. The lowest BCUT2D eigenvalue weighted by atomic mass is 9.48. The predicted molar refractivity (Wildman–Crippen MR) is 116 cm³/mol. The van der Waals surface area contributed by atoms with Crippen LogP contribution in [0, 0.1) is 28.6 Å². The van der Waals surface area contributed by atoms with E-state index in [9.17, 15) is 9.59 Å². The lowest BCUT2D eigenvalue weighted by molar-refractivity contribution is -0.140. The van der Waals surface area contributed by atoms with Crippen LogP contribution in [0.4, 0.5) is 0 Å². The van der Waals surface area contributed by atoms with E-state index in [1.165, 1.54) is 44.3 Å². The number of carbonyl (C=O) groups is 2. The third kappa shape index (κ3) is 2.85. The minimum Gasteiger partial charge on any atom is -0.466 e. The predicted octanol–water partition coefficient (Wildman–Crippen LogP) is 4.82. The highest BCUT2D eigenvalue weighted by molar-refractivity contribution is 5.87. The standard InChI is InChI=1S/C26H35NO3/c1-25-11-10-19(27-12-4-5-13-27)14-17(25)6-8-20-21-9-7-18(15-23(29)30-3)26(21,2)16-22(28)24(20)25/h6,14-15,20-21,24H,4-5,7-13,16H2,1-3H3/b18-15-/t20-,21-,24+,25-,26+/m0/s1. The second-order valence-corrected chi connectivity index (χ2v) is 10.7. The van der Waals surface area contributed by atoms with Gasteiger partial charge in [0.25, 0.3) is 0 Å². The van der Waals surface area contributed by atoms with Gasteiger partial charge in [-0.05, 0) is 73.8 Å². The Morgan fingerprint density at radius 3 is 2.70 bits per heavy atom. The Balaban J connectivity index is 1.48. The molecule has 1 saturated heterocycles. The molecule has 1 heterocycles. The molecule has 4 nitrogen and oxygen atoms in total. The van der Waals surface area contributed by atoms with Crippen LogP contribution in [0.5, 0.6) is 0 Å². The first kappa shape index (κ1) is 20.1. The van der Waals surface area contributed by atoms with Gasteiger partial charge in [0.15, 0.2) is 0 Å². The molecule has 5 atom stereocenters. The number of hydrogen-bond donors (Lipinski definition) is 0. The van der Waals surface area contributed by atoms with Crippen molar-refractivity contribution in [1.82, 2.24) is 4.90 Å². The number of rotatable bonds is 2. The van der Waals surface area contributed by atoms with Crippen molar-refractivity contribution < 1.29 is 14.3 Å². The van der Waals surface area contributed by atoms with Crippen LogP contribution in [0.25, 0.3) is 0 Å². The van der Waals surface area contributed by atoms with E-state index in [0.717, 1.165) is 37.7 Å². The molecule has 0 unspecified atom stereocenters. The van der Waals surface area contributed by atoms with E-state index in [2.05, 4.69) is 30.9 Å². The molecule has 0 spiro atoms. The Morgan fingerprint density at radius 1 is 1.20 bits per heavy atom. The van der Waals surface area contributed by atoms with Crippen LogP contribution in [0.3, 0.4) is 0 Å². The maximum atomic E-state index is 13.7.